The summed E-state index contributed by atoms with van der Waals surface area (Å²) in [6.45, 7) is 2.03. The molecule has 230 valence electrons. The Morgan fingerprint density at radius 1 is 0.605 bits per heavy atom. The van der Waals surface area contributed by atoms with E-state index >= 15 is 0 Å². The van der Waals surface area contributed by atoms with Gasteiger partial charge in [0.1, 0.15) is 0 Å². The number of thioether (sulfide) groups is 1. The minimum absolute atomic E-state index is 0.496. The van der Waals surface area contributed by atoms with Crippen LogP contribution in [0.25, 0.3) is 0 Å². The van der Waals surface area contributed by atoms with Gasteiger partial charge in [-0.3, -0.25) is 4.18 Å². The third kappa shape index (κ3) is 6.73. The van der Waals surface area contributed by atoms with Crippen molar-refractivity contribution in [2.45, 2.75) is 97.4 Å². The van der Waals surface area contributed by atoms with Crippen LogP contribution in [0.2, 0.25) is 0 Å². The number of alkyl halides is 18. The van der Waals surface area contributed by atoms with Crippen molar-refractivity contribution in [2.24, 2.45) is 0 Å². The summed E-state index contributed by atoms with van der Waals surface area (Å²) >= 11 is -7.00. The molecule has 0 aliphatic carbocycles. The smallest absolute Gasteiger partial charge is 0.281 e. The molecule has 3 atom stereocenters. The third-order valence-corrected chi connectivity index (χ3v) is 7.00. The number of hydrogen-bond donors (Lipinski definition) is 0. The van der Waals surface area contributed by atoms with Gasteiger partial charge in [0, 0.05) is 5.25 Å². The Labute approximate surface area is 208 Å². The average Bonchev–Trinajstić information content (AvgIpc) is 2.70. The van der Waals surface area contributed by atoms with Gasteiger partial charge in [-0.25, -0.2) is 4.21 Å². The molecule has 0 heterocycles. The molecule has 1 unspecified atom stereocenters. The molecule has 0 fully saturated rings. The molecule has 0 saturated carbocycles. The second kappa shape index (κ2) is 11.6. The molecule has 0 aromatic carbocycles. The van der Waals surface area contributed by atoms with E-state index in [2.05, 4.69) is 4.18 Å². The van der Waals surface area contributed by atoms with E-state index in [0.29, 0.717) is 0 Å². The Morgan fingerprint density at radius 3 is 1.32 bits per heavy atom. The molecule has 38 heavy (non-hydrogen) atoms. The zero-order valence-corrected chi connectivity index (χ0v) is 20.1. The number of halogens is 18. The van der Waals surface area contributed by atoms with Crippen LogP contribution in [-0.2, 0) is 15.3 Å². The van der Waals surface area contributed by atoms with E-state index in [9.17, 15) is 83.2 Å². The van der Waals surface area contributed by atoms with Crippen LogP contribution >= 0.6 is 11.8 Å². The van der Waals surface area contributed by atoms with Crippen molar-refractivity contribution in [3.8, 4) is 0 Å². The van der Waals surface area contributed by atoms with Crippen molar-refractivity contribution in [2.75, 3.05) is 0 Å². The van der Waals surface area contributed by atoms with Gasteiger partial charge in [0.2, 0.25) is 11.1 Å². The first-order valence-electron chi connectivity index (χ1n) is 9.68. The minimum Gasteiger partial charge on any atom is -0.281 e. The van der Waals surface area contributed by atoms with E-state index < -0.39 is 106 Å². The van der Waals surface area contributed by atoms with Crippen LogP contribution in [0.5, 0.6) is 0 Å². The van der Waals surface area contributed by atoms with Crippen LogP contribution in [0, 0.1) is 0 Å². The lowest BCUT2D eigenvalue weighted by molar-refractivity contribution is -0.382. The third-order valence-electron chi connectivity index (χ3n) is 4.51. The van der Waals surface area contributed by atoms with Gasteiger partial charge in [-0.2, -0.15) is 79.0 Å². The summed E-state index contributed by atoms with van der Waals surface area (Å²) in [5.74, 6) is -29.6. The fraction of sp³-hybridized carbons (Fsp3) is 1.00. The second-order valence-corrected chi connectivity index (χ2v) is 9.96. The van der Waals surface area contributed by atoms with Crippen LogP contribution in [0.4, 0.5) is 79.0 Å². The van der Waals surface area contributed by atoms with Gasteiger partial charge in [0.25, 0.3) is 0 Å². The van der Waals surface area contributed by atoms with Gasteiger partial charge in [-0.05, 0) is 12.8 Å². The maximum Gasteiger partial charge on any atom is 0.460 e. The summed E-state index contributed by atoms with van der Waals surface area (Å²) in [6.07, 6.45) is -20.4. The lowest BCUT2D eigenvalue weighted by Gasteiger charge is -2.37. The Morgan fingerprint density at radius 2 is 0.974 bits per heavy atom. The Kier molecular flexibility index (Phi) is 11.3. The molecule has 0 spiro atoms. The van der Waals surface area contributed by atoms with Gasteiger partial charge < -0.3 is 0 Å². The summed E-state index contributed by atoms with van der Waals surface area (Å²) < 4.78 is 251. The van der Waals surface area contributed by atoms with Crippen LogP contribution in [0.15, 0.2) is 0 Å². The molecule has 0 bridgehead atoms. The monoisotopic (exact) mass is 646 g/mol. The summed E-state index contributed by atoms with van der Waals surface area (Å²) in [7, 11) is 0. The predicted octanol–water partition coefficient (Wildman–Crippen LogP) is 8.59. The molecule has 0 aliphatic heterocycles. The van der Waals surface area contributed by atoms with Gasteiger partial charge in [-0.15, -0.1) is 0 Å². The normalized spacial score (nSPS) is 17.9. The summed E-state index contributed by atoms with van der Waals surface area (Å²) in [6, 6.07) is 0. The Balaban J connectivity index is 6.39. The van der Waals surface area contributed by atoms with Gasteiger partial charge >= 0.3 is 46.6 Å². The molecule has 0 rings (SSSR count). The summed E-state index contributed by atoms with van der Waals surface area (Å²) in [5.41, 5.74) is 0. The first-order chi connectivity index (χ1) is 16.5. The Bertz CT molecular complexity index is 807. The van der Waals surface area contributed by atoms with Crippen LogP contribution in [0.1, 0.15) is 39.5 Å². The highest BCUT2D eigenvalue weighted by molar-refractivity contribution is 8.01. The summed E-state index contributed by atoms with van der Waals surface area (Å²) in [5, 5.41) is -15.9. The molecule has 0 amide bonds. The van der Waals surface area contributed by atoms with Crippen LogP contribution in [-0.4, -0.2) is 62.1 Å². The lowest BCUT2D eigenvalue weighted by atomic mass is 10.1. The average molecular weight is 646 g/mol. The fourth-order valence-corrected chi connectivity index (χ4v) is 4.79. The standard InChI is InChI=1S/C16H16F18O2S2/c1-3-5-7(36-38(35)16(33,34)12(23,24)10(19,20)14(28,29)30)8(6-4-2)37-15(31,32)11(21,22)9(17,18)13(25,26)27/h7-8H,3-6H2,1-2H3/t7-,8+,38?/m0/s1. The van der Waals surface area contributed by atoms with Gasteiger partial charge in [-0.1, -0.05) is 38.5 Å². The molecule has 0 saturated heterocycles. The molecular formula is C16H16F18O2S2. The molecule has 22 heteroatoms. The zero-order chi connectivity index (χ0) is 31.0. The maximum absolute atomic E-state index is 14.1. The van der Waals surface area contributed by atoms with Crippen LogP contribution in [0.3, 0.4) is 0 Å². The van der Waals surface area contributed by atoms with Crippen molar-refractivity contribution in [3.05, 3.63) is 0 Å². The highest BCUT2D eigenvalue weighted by Gasteiger charge is 2.84. The van der Waals surface area contributed by atoms with E-state index in [-0.39, 0.29) is 0 Å². The topological polar surface area (TPSA) is 26.3 Å². The van der Waals surface area contributed by atoms with E-state index in [4.69, 9.17) is 0 Å². The first-order valence-corrected chi connectivity index (χ1v) is 11.6. The summed E-state index contributed by atoms with van der Waals surface area (Å²) in [4.78, 5) is 0. The van der Waals surface area contributed by atoms with Crippen molar-refractivity contribution >= 4 is 22.8 Å². The molecule has 0 radical (unpaired) electrons. The van der Waals surface area contributed by atoms with E-state index in [1.54, 1.807) is 0 Å². The number of rotatable bonds is 14. The quantitative estimate of drug-likeness (QED) is 0.177. The van der Waals surface area contributed by atoms with Crippen molar-refractivity contribution in [3.63, 3.8) is 0 Å². The fourth-order valence-electron chi connectivity index (χ4n) is 2.45. The zero-order valence-electron chi connectivity index (χ0n) is 18.4. The van der Waals surface area contributed by atoms with Gasteiger partial charge in [0.15, 0.2) is 0 Å². The number of hydrogen-bond acceptors (Lipinski definition) is 3. The van der Waals surface area contributed by atoms with E-state index in [1.165, 1.54) is 0 Å². The van der Waals surface area contributed by atoms with Crippen LogP contribution < -0.4 is 0 Å². The van der Waals surface area contributed by atoms with Crippen molar-refractivity contribution < 1.29 is 87.4 Å². The maximum atomic E-state index is 14.1. The van der Waals surface area contributed by atoms with Crippen molar-refractivity contribution in [1.82, 2.24) is 0 Å². The molecule has 0 aromatic heterocycles. The SMILES string of the molecule is CCC[C@H](OS(=O)C(F)(F)C(F)(F)C(F)(F)C(F)(F)F)[C@@H](CCC)SC(F)(F)C(F)(F)C(F)(F)C(F)(F)F. The lowest BCUT2D eigenvalue weighted by Crippen LogP contribution is -2.62. The van der Waals surface area contributed by atoms with E-state index in [1.807, 2.05) is 0 Å². The predicted molar refractivity (Wildman–Crippen MR) is 96.0 cm³/mol. The minimum atomic E-state index is -7.54. The van der Waals surface area contributed by atoms with Gasteiger partial charge in [0.05, 0.1) is 6.10 Å². The largest absolute Gasteiger partial charge is 0.460 e. The molecule has 0 aromatic rings. The first kappa shape index (κ1) is 37.2. The second-order valence-electron chi connectivity index (χ2n) is 7.43. The van der Waals surface area contributed by atoms with E-state index in [0.717, 1.165) is 13.8 Å². The van der Waals surface area contributed by atoms with Crippen molar-refractivity contribution in [1.29, 1.82) is 0 Å². The molecular weight excluding hydrogens is 630 g/mol. The highest BCUT2D eigenvalue weighted by Crippen LogP contribution is 2.58. The molecule has 2 nitrogen and oxygen atoms in total. The molecule has 0 aliphatic rings. The highest BCUT2D eigenvalue weighted by atomic mass is 32.2. The molecule has 0 N–H and O–H groups in total. The Hall–Kier alpha value is -0.800.